The molecule has 1 aromatic rings. The molecule has 0 bridgehead atoms. The van der Waals surface area contributed by atoms with E-state index in [-0.39, 0.29) is 17.8 Å². The van der Waals surface area contributed by atoms with Crippen molar-refractivity contribution in [2.45, 2.75) is 76.1 Å². The van der Waals surface area contributed by atoms with Crippen LogP contribution in [-0.4, -0.2) is 46.7 Å². The topological polar surface area (TPSA) is 87.0 Å². The minimum Gasteiger partial charge on any atom is -0.469 e. The number of aryl methyl sites for hydroxylation is 1. The van der Waals surface area contributed by atoms with E-state index < -0.39 is 18.3 Å². The van der Waals surface area contributed by atoms with E-state index in [4.69, 9.17) is 0 Å². The van der Waals surface area contributed by atoms with Gasteiger partial charge in [0.2, 0.25) is 0 Å². The van der Waals surface area contributed by atoms with Crippen LogP contribution in [0.15, 0.2) is 42.5 Å². The number of allylic oxidation sites excluding steroid dienone is 2. The van der Waals surface area contributed by atoms with Gasteiger partial charge in [-0.25, -0.2) is 0 Å². The highest BCUT2D eigenvalue weighted by Gasteiger charge is 2.40. The highest BCUT2D eigenvalue weighted by Crippen LogP contribution is 2.38. The second-order valence-corrected chi connectivity index (χ2v) is 8.13. The van der Waals surface area contributed by atoms with Gasteiger partial charge < -0.3 is 20.1 Å². The van der Waals surface area contributed by atoms with Gasteiger partial charge in [0, 0.05) is 6.42 Å². The van der Waals surface area contributed by atoms with Gasteiger partial charge >= 0.3 is 5.97 Å². The van der Waals surface area contributed by atoms with Crippen molar-refractivity contribution in [2.75, 3.05) is 7.11 Å². The van der Waals surface area contributed by atoms with Gasteiger partial charge in [-0.2, -0.15) is 0 Å². The van der Waals surface area contributed by atoms with Crippen LogP contribution in [0.1, 0.15) is 56.9 Å². The molecule has 162 valence electrons. The number of methoxy groups -OCH3 is 1. The van der Waals surface area contributed by atoms with E-state index in [0.717, 1.165) is 25.7 Å². The summed E-state index contributed by atoms with van der Waals surface area (Å²) in [7, 11) is 1.39. The number of esters is 1. The maximum atomic E-state index is 11.1. The fourth-order valence-corrected chi connectivity index (χ4v) is 4.25. The van der Waals surface area contributed by atoms with E-state index in [0.29, 0.717) is 32.1 Å². The Morgan fingerprint density at radius 2 is 1.86 bits per heavy atom. The van der Waals surface area contributed by atoms with E-state index in [9.17, 15) is 20.1 Å². The zero-order valence-electron chi connectivity index (χ0n) is 17.5. The number of hydrogen-bond acceptors (Lipinski definition) is 5. The summed E-state index contributed by atoms with van der Waals surface area (Å²) in [5.74, 6) is -0.169. The van der Waals surface area contributed by atoms with Crippen molar-refractivity contribution < 1.29 is 24.9 Å². The standard InChI is InChI=1S/C24H36O5/c1-29-24(28)12-8-3-2-7-11-20-21(23(27)17-22(20)26)16-15-19(25)14-13-18-9-5-4-6-10-18/h2,4-7,9-10,19-23,25-27H,3,8,11-17H2,1H3/b7-2-/t19-,20+,21+,22-,23+/m0/s1. The molecule has 5 heteroatoms. The van der Waals surface area contributed by atoms with Crippen LogP contribution in [0, 0.1) is 11.8 Å². The highest BCUT2D eigenvalue weighted by molar-refractivity contribution is 5.69. The van der Waals surface area contributed by atoms with Crippen LogP contribution < -0.4 is 0 Å². The minimum absolute atomic E-state index is 0.0103. The van der Waals surface area contributed by atoms with Crippen molar-refractivity contribution in [2.24, 2.45) is 11.8 Å². The van der Waals surface area contributed by atoms with E-state index in [1.165, 1.54) is 12.7 Å². The van der Waals surface area contributed by atoms with Crippen LogP contribution in [0.2, 0.25) is 0 Å². The molecule has 0 amide bonds. The molecule has 1 aliphatic carbocycles. The number of ether oxygens (including phenoxy) is 1. The first-order valence-electron chi connectivity index (χ1n) is 10.8. The summed E-state index contributed by atoms with van der Waals surface area (Å²) in [4.78, 5) is 11.1. The highest BCUT2D eigenvalue weighted by atomic mass is 16.5. The SMILES string of the molecule is COC(=O)CCC/C=C\C[C@@H]1[C@@H](CC[C@@H](O)CCc2ccccc2)[C@H](O)C[C@@H]1O. The molecule has 1 fully saturated rings. The molecule has 1 aromatic carbocycles. The van der Waals surface area contributed by atoms with Crippen molar-refractivity contribution >= 4 is 5.97 Å². The summed E-state index contributed by atoms with van der Waals surface area (Å²) in [5, 5.41) is 31.1. The van der Waals surface area contributed by atoms with Crippen LogP contribution in [0.5, 0.6) is 0 Å². The smallest absolute Gasteiger partial charge is 0.305 e. The van der Waals surface area contributed by atoms with Crippen LogP contribution in [0.25, 0.3) is 0 Å². The summed E-state index contributed by atoms with van der Waals surface area (Å²) in [5.41, 5.74) is 1.22. The van der Waals surface area contributed by atoms with Crippen LogP contribution in [0.3, 0.4) is 0 Å². The predicted molar refractivity (Wildman–Crippen MR) is 113 cm³/mol. The van der Waals surface area contributed by atoms with Crippen molar-refractivity contribution in [3.05, 3.63) is 48.0 Å². The molecule has 0 heterocycles. The third kappa shape index (κ3) is 8.29. The fourth-order valence-electron chi connectivity index (χ4n) is 4.25. The average molecular weight is 405 g/mol. The molecule has 3 N–H and O–H groups in total. The molecule has 0 aromatic heterocycles. The van der Waals surface area contributed by atoms with Crippen molar-refractivity contribution in [1.82, 2.24) is 0 Å². The second kappa shape index (κ2) is 12.8. The Labute approximate surface area is 174 Å². The fraction of sp³-hybridized carbons (Fsp3) is 0.625. The first-order chi connectivity index (χ1) is 14.0. The molecular weight excluding hydrogens is 368 g/mol. The first-order valence-corrected chi connectivity index (χ1v) is 10.8. The number of benzene rings is 1. The summed E-state index contributed by atoms with van der Waals surface area (Å²) in [6, 6.07) is 10.1. The molecule has 0 spiro atoms. The molecule has 2 rings (SSSR count). The third-order valence-corrected chi connectivity index (χ3v) is 6.02. The Morgan fingerprint density at radius 1 is 1.14 bits per heavy atom. The summed E-state index contributed by atoms with van der Waals surface area (Å²) >= 11 is 0. The Bertz CT molecular complexity index is 615. The second-order valence-electron chi connectivity index (χ2n) is 8.13. The quantitative estimate of drug-likeness (QED) is 0.282. The molecule has 0 saturated heterocycles. The zero-order chi connectivity index (χ0) is 21.1. The van der Waals surface area contributed by atoms with E-state index in [1.807, 2.05) is 30.4 Å². The number of carbonyl (C=O) groups is 1. The van der Waals surface area contributed by atoms with Gasteiger partial charge in [0.1, 0.15) is 0 Å². The number of aliphatic hydroxyl groups excluding tert-OH is 3. The van der Waals surface area contributed by atoms with Gasteiger partial charge in [0.25, 0.3) is 0 Å². The molecule has 29 heavy (non-hydrogen) atoms. The normalized spacial score (nSPS) is 25.4. The van der Waals surface area contributed by atoms with E-state index in [1.54, 1.807) is 0 Å². The predicted octanol–water partition coefficient (Wildman–Crippen LogP) is 3.41. The monoisotopic (exact) mass is 404 g/mol. The minimum atomic E-state index is -0.510. The van der Waals surface area contributed by atoms with E-state index in [2.05, 4.69) is 16.9 Å². The zero-order valence-corrected chi connectivity index (χ0v) is 17.5. The van der Waals surface area contributed by atoms with Crippen molar-refractivity contribution in [1.29, 1.82) is 0 Å². The summed E-state index contributed by atoms with van der Waals surface area (Å²) in [6.45, 7) is 0. The lowest BCUT2D eigenvalue weighted by Gasteiger charge is -2.23. The molecule has 0 radical (unpaired) electrons. The molecule has 0 unspecified atom stereocenters. The van der Waals surface area contributed by atoms with Gasteiger partial charge in [-0.05, 0) is 68.8 Å². The van der Waals surface area contributed by atoms with Crippen LogP contribution in [-0.2, 0) is 16.0 Å². The number of aliphatic hydroxyl groups is 3. The van der Waals surface area contributed by atoms with Gasteiger partial charge in [0.15, 0.2) is 0 Å². The van der Waals surface area contributed by atoms with Crippen LogP contribution in [0.4, 0.5) is 0 Å². The molecule has 0 aliphatic heterocycles. The summed E-state index contributed by atoms with van der Waals surface area (Å²) in [6.07, 6.45) is 8.65. The third-order valence-electron chi connectivity index (χ3n) is 6.02. The Kier molecular flexibility index (Phi) is 10.4. The first kappa shape index (κ1) is 23.6. The largest absolute Gasteiger partial charge is 0.469 e. The molecular formula is C24H36O5. The number of hydrogen-bond donors (Lipinski definition) is 3. The average Bonchev–Trinajstić information content (AvgIpc) is 3.00. The van der Waals surface area contributed by atoms with Gasteiger partial charge in [-0.3, -0.25) is 4.79 Å². The van der Waals surface area contributed by atoms with Crippen LogP contribution >= 0.6 is 0 Å². The van der Waals surface area contributed by atoms with Gasteiger partial charge in [0.05, 0.1) is 25.4 Å². The maximum Gasteiger partial charge on any atom is 0.305 e. The molecule has 1 saturated carbocycles. The Hall–Kier alpha value is -1.69. The Balaban J connectivity index is 1.73. The molecule has 1 aliphatic rings. The van der Waals surface area contributed by atoms with Crippen molar-refractivity contribution in [3.8, 4) is 0 Å². The Morgan fingerprint density at radius 3 is 2.59 bits per heavy atom. The number of carbonyl (C=O) groups excluding carboxylic acids is 1. The lowest BCUT2D eigenvalue weighted by molar-refractivity contribution is -0.140. The summed E-state index contributed by atoms with van der Waals surface area (Å²) < 4.78 is 4.62. The molecule has 5 nitrogen and oxygen atoms in total. The van der Waals surface area contributed by atoms with Crippen molar-refractivity contribution in [3.63, 3.8) is 0 Å². The lowest BCUT2D eigenvalue weighted by atomic mass is 9.85. The lowest BCUT2D eigenvalue weighted by Crippen LogP contribution is -2.23. The maximum absolute atomic E-state index is 11.1. The van der Waals surface area contributed by atoms with Gasteiger partial charge in [-0.15, -0.1) is 0 Å². The number of rotatable bonds is 12. The van der Waals surface area contributed by atoms with E-state index >= 15 is 0 Å². The molecule has 5 atom stereocenters. The number of unbranched alkanes of at least 4 members (excludes halogenated alkanes) is 1. The van der Waals surface area contributed by atoms with Gasteiger partial charge in [-0.1, -0.05) is 42.5 Å².